The van der Waals surface area contributed by atoms with Gasteiger partial charge in [0.15, 0.2) is 0 Å². The van der Waals surface area contributed by atoms with Crippen LogP contribution in [0.5, 0.6) is 0 Å². The van der Waals surface area contributed by atoms with Gasteiger partial charge in [-0.1, -0.05) is 0 Å². The molecule has 0 radical (unpaired) electrons. The molecule has 1 atom stereocenters. The van der Waals surface area contributed by atoms with Gasteiger partial charge < -0.3 is 15.5 Å². The molecule has 0 bridgehead atoms. The van der Waals surface area contributed by atoms with Crippen molar-refractivity contribution >= 4 is 0 Å². The molecule has 4 nitrogen and oxygen atoms in total. The van der Waals surface area contributed by atoms with E-state index in [9.17, 15) is 5.11 Å². The zero-order valence-electron chi connectivity index (χ0n) is 7.37. The summed E-state index contributed by atoms with van der Waals surface area (Å²) in [5.74, 6) is 0. The van der Waals surface area contributed by atoms with Crippen LogP contribution in [0.3, 0.4) is 0 Å². The molecule has 0 saturated carbocycles. The number of aliphatic hydroxyl groups is 2. The predicted octanol–water partition coefficient (Wildman–Crippen LogP) is -1.37. The molecular formula is C8H18N2O2. The Morgan fingerprint density at radius 1 is 1.33 bits per heavy atom. The van der Waals surface area contributed by atoms with Crippen LogP contribution >= 0.6 is 0 Å². The highest BCUT2D eigenvalue weighted by molar-refractivity contribution is 4.70. The minimum absolute atomic E-state index is 0.0766. The van der Waals surface area contributed by atoms with Crippen LogP contribution in [0.25, 0.3) is 0 Å². The molecule has 1 unspecified atom stereocenters. The highest BCUT2D eigenvalue weighted by Crippen LogP contribution is 1.97. The first-order chi connectivity index (χ1) is 5.83. The van der Waals surface area contributed by atoms with Crippen LogP contribution in [0, 0.1) is 0 Å². The zero-order chi connectivity index (χ0) is 8.81. The quantitative estimate of drug-likeness (QED) is 0.492. The van der Waals surface area contributed by atoms with Crippen molar-refractivity contribution in [2.75, 3.05) is 39.3 Å². The fourth-order valence-electron chi connectivity index (χ4n) is 1.43. The smallest absolute Gasteiger partial charge is 0.0689 e. The highest BCUT2D eigenvalue weighted by atomic mass is 16.3. The van der Waals surface area contributed by atoms with Gasteiger partial charge in [-0.25, -0.2) is 0 Å². The van der Waals surface area contributed by atoms with E-state index in [0.717, 1.165) is 26.2 Å². The van der Waals surface area contributed by atoms with Crippen LogP contribution in [0.2, 0.25) is 0 Å². The minimum Gasteiger partial charge on any atom is -0.396 e. The van der Waals surface area contributed by atoms with Crippen molar-refractivity contribution in [3.8, 4) is 0 Å². The summed E-state index contributed by atoms with van der Waals surface area (Å²) in [6, 6.07) is 0. The molecule has 1 fully saturated rings. The maximum Gasteiger partial charge on any atom is 0.0689 e. The Morgan fingerprint density at radius 2 is 2.00 bits per heavy atom. The molecule has 1 heterocycles. The lowest BCUT2D eigenvalue weighted by Crippen LogP contribution is -2.46. The molecule has 12 heavy (non-hydrogen) atoms. The van der Waals surface area contributed by atoms with Crippen LogP contribution < -0.4 is 5.32 Å². The SMILES string of the molecule is OCCC(O)CN1CCNCC1. The van der Waals surface area contributed by atoms with Gasteiger partial charge in [0.25, 0.3) is 0 Å². The second-order valence-corrected chi connectivity index (χ2v) is 3.22. The third-order valence-electron chi connectivity index (χ3n) is 2.14. The molecule has 3 N–H and O–H groups in total. The fourth-order valence-corrected chi connectivity index (χ4v) is 1.43. The van der Waals surface area contributed by atoms with Crippen LogP contribution in [0.1, 0.15) is 6.42 Å². The van der Waals surface area contributed by atoms with E-state index in [-0.39, 0.29) is 12.7 Å². The largest absolute Gasteiger partial charge is 0.396 e. The summed E-state index contributed by atoms with van der Waals surface area (Å²) < 4.78 is 0. The summed E-state index contributed by atoms with van der Waals surface area (Å²) in [6.45, 7) is 4.79. The fraction of sp³-hybridized carbons (Fsp3) is 1.00. The lowest BCUT2D eigenvalue weighted by Gasteiger charge is -2.28. The van der Waals surface area contributed by atoms with E-state index in [1.807, 2.05) is 0 Å². The number of rotatable bonds is 4. The molecule has 72 valence electrons. The summed E-state index contributed by atoms with van der Waals surface area (Å²) in [4.78, 5) is 2.22. The number of hydrogen-bond donors (Lipinski definition) is 3. The van der Waals surface area contributed by atoms with E-state index < -0.39 is 0 Å². The number of hydrogen-bond acceptors (Lipinski definition) is 4. The number of aliphatic hydroxyl groups excluding tert-OH is 2. The van der Waals surface area contributed by atoms with Crippen LogP contribution in [0.4, 0.5) is 0 Å². The van der Waals surface area contributed by atoms with Gasteiger partial charge >= 0.3 is 0 Å². The molecule has 0 spiro atoms. The molecule has 1 aliphatic rings. The van der Waals surface area contributed by atoms with Crippen molar-refractivity contribution in [2.45, 2.75) is 12.5 Å². The Labute approximate surface area is 73.2 Å². The second-order valence-electron chi connectivity index (χ2n) is 3.22. The number of nitrogens with zero attached hydrogens (tertiary/aromatic N) is 1. The summed E-state index contributed by atoms with van der Waals surface area (Å²) in [7, 11) is 0. The second kappa shape index (κ2) is 5.48. The Hall–Kier alpha value is -0.160. The monoisotopic (exact) mass is 174 g/mol. The van der Waals surface area contributed by atoms with Crippen LogP contribution in [-0.2, 0) is 0 Å². The third kappa shape index (κ3) is 3.49. The van der Waals surface area contributed by atoms with Crippen molar-refractivity contribution in [1.82, 2.24) is 10.2 Å². The Morgan fingerprint density at radius 3 is 2.58 bits per heavy atom. The summed E-state index contributed by atoms with van der Waals surface area (Å²) in [5, 5.41) is 21.2. The molecule has 1 rings (SSSR count). The molecule has 1 saturated heterocycles. The van der Waals surface area contributed by atoms with E-state index >= 15 is 0 Å². The molecule has 0 aromatic carbocycles. The Balaban J connectivity index is 2.11. The van der Waals surface area contributed by atoms with Gasteiger partial charge in [-0.2, -0.15) is 0 Å². The van der Waals surface area contributed by atoms with Gasteiger partial charge in [-0.05, 0) is 6.42 Å². The molecule has 4 heteroatoms. The van der Waals surface area contributed by atoms with Crippen LogP contribution in [-0.4, -0.2) is 60.5 Å². The zero-order valence-corrected chi connectivity index (χ0v) is 7.37. The van der Waals surface area contributed by atoms with E-state index in [1.165, 1.54) is 0 Å². The molecule has 0 aliphatic carbocycles. The molecular weight excluding hydrogens is 156 g/mol. The van der Waals surface area contributed by atoms with Crippen molar-refractivity contribution in [3.63, 3.8) is 0 Å². The van der Waals surface area contributed by atoms with Crippen LogP contribution in [0.15, 0.2) is 0 Å². The average molecular weight is 174 g/mol. The summed E-state index contributed by atoms with van der Waals surface area (Å²) in [5.41, 5.74) is 0. The maximum absolute atomic E-state index is 9.38. The molecule has 1 aliphatic heterocycles. The Bertz CT molecular complexity index is 116. The van der Waals surface area contributed by atoms with Crippen molar-refractivity contribution < 1.29 is 10.2 Å². The van der Waals surface area contributed by atoms with E-state index in [1.54, 1.807) is 0 Å². The van der Waals surface area contributed by atoms with Gasteiger partial charge in [0.2, 0.25) is 0 Å². The number of β-amino-alcohol motifs (C(OH)–C–C–N with tert-alkyl or cyclic N) is 1. The first kappa shape index (κ1) is 9.92. The first-order valence-electron chi connectivity index (χ1n) is 4.55. The number of piperazine rings is 1. The topological polar surface area (TPSA) is 55.7 Å². The van der Waals surface area contributed by atoms with Crippen molar-refractivity contribution in [2.24, 2.45) is 0 Å². The highest BCUT2D eigenvalue weighted by Gasteiger charge is 2.13. The van der Waals surface area contributed by atoms with E-state index in [2.05, 4.69) is 10.2 Å². The van der Waals surface area contributed by atoms with Gasteiger partial charge in [-0.15, -0.1) is 0 Å². The maximum atomic E-state index is 9.38. The lowest BCUT2D eigenvalue weighted by atomic mass is 10.2. The average Bonchev–Trinajstić information content (AvgIpc) is 2.06. The lowest BCUT2D eigenvalue weighted by molar-refractivity contribution is 0.0824. The molecule has 0 amide bonds. The van der Waals surface area contributed by atoms with Gasteiger partial charge in [0, 0.05) is 39.3 Å². The predicted molar refractivity (Wildman–Crippen MR) is 47.0 cm³/mol. The molecule has 0 aromatic rings. The summed E-state index contributed by atoms with van der Waals surface area (Å²) >= 11 is 0. The standard InChI is InChI=1S/C8H18N2O2/c11-6-1-8(12)7-10-4-2-9-3-5-10/h8-9,11-12H,1-7H2. The van der Waals surface area contributed by atoms with Gasteiger partial charge in [-0.3, -0.25) is 4.90 Å². The van der Waals surface area contributed by atoms with E-state index in [0.29, 0.717) is 13.0 Å². The first-order valence-corrected chi connectivity index (χ1v) is 4.55. The third-order valence-corrected chi connectivity index (χ3v) is 2.14. The van der Waals surface area contributed by atoms with Gasteiger partial charge in [0.05, 0.1) is 6.10 Å². The normalized spacial score (nSPS) is 22.5. The van der Waals surface area contributed by atoms with Crippen molar-refractivity contribution in [3.05, 3.63) is 0 Å². The molecule has 0 aromatic heterocycles. The van der Waals surface area contributed by atoms with E-state index in [4.69, 9.17) is 5.11 Å². The summed E-state index contributed by atoms with van der Waals surface area (Å²) in [6.07, 6.45) is 0.123. The minimum atomic E-state index is -0.368. The van der Waals surface area contributed by atoms with Crippen molar-refractivity contribution in [1.29, 1.82) is 0 Å². The Kier molecular flexibility index (Phi) is 4.53. The van der Waals surface area contributed by atoms with Gasteiger partial charge in [0.1, 0.15) is 0 Å². The number of nitrogens with one attached hydrogen (secondary N) is 1.